The molecule has 8 heteroatoms. The minimum absolute atomic E-state index is 0.119. The third-order valence-corrected chi connectivity index (χ3v) is 4.34. The Morgan fingerprint density at radius 1 is 1.32 bits per heavy atom. The number of halogens is 2. The van der Waals surface area contributed by atoms with Crippen molar-refractivity contribution in [2.24, 2.45) is 0 Å². The number of hydrogen-bond acceptors (Lipinski definition) is 4. The van der Waals surface area contributed by atoms with Crippen LogP contribution < -0.4 is 15.4 Å². The molecule has 1 fully saturated rings. The highest BCUT2D eigenvalue weighted by atomic mass is 19.2. The molecule has 1 amide bonds. The number of nitrogens with zero attached hydrogens (tertiary/aromatic N) is 2. The van der Waals surface area contributed by atoms with Crippen LogP contribution in [-0.4, -0.2) is 41.9 Å². The molecule has 1 aliphatic rings. The van der Waals surface area contributed by atoms with E-state index in [-0.39, 0.29) is 24.8 Å². The summed E-state index contributed by atoms with van der Waals surface area (Å²) in [6.45, 7) is 1.88. The molecule has 0 spiro atoms. The van der Waals surface area contributed by atoms with Gasteiger partial charge in [-0.1, -0.05) is 0 Å². The van der Waals surface area contributed by atoms with Crippen LogP contribution in [0.2, 0.25) is 0 Å². The molecule has 3 rings (SSSR count). The average Bonchev–Trinajstić information content (AvgIpc) is 3.17. The van der Waals surface area contributed by atoms with Crippen LogP contribution >= 0.6 is 0 Å². The molecule has 1 aromatic heterocycles. The Kier molecular flexibility index (Phi) is 5.28. The molecule has 0 radical (unpaired) electrons. The lowest BCUT2D eigenvalue weighted by Gasteiger charge is -2.36. The lowest BCUT2D eigenvalue weighted by Crippen LogP contribution is -2.55. The van der Waals surface area contributed by atoms with Gasteiger partial charge in [0.05, 0.1) is 6.54 Å². The van der Waals surface area contributed by atoms with Crippen LogP contribution in [-0.2, 0) is 10.3 Å². The summed E-state index contributed by atoms with van der Waals surface area (Å²) in [5.41, 5.74) is -0.712. The van der Waals surface area contributed by atoms with E-state index in [0.29, 0.717) is 12.8 Å². The van der Waals surface area contributed by atoms with E-state index in [1.54, 1.807) is 23.1 Å². The lowest BCUT2D eigenvalue weighted by molar-refractivity contribution is -0.132. The third kappa shape index (κ3) is 3.79. The van der Waals surface area contributed by atoms with Gasteiger partial charge in [0.1, 0.15) is 17.9 Å². The molecule has 25 heavy (non-hydrogen) atoms. The van der Waals surface area contributed by atoms with Crippen molar-refractivity contribution >= 4 is 5.91 Å². The summed E-state index contributed by atoms with van der Waals surface area (Å²) in [6, 6.07) is 5.13. The summed E-state index contributed by atoms with van der Waals surface area (Å²) in [5.74, 6) is -1.79. The molecule has 1 saturated heterocycles. The molecule has 2 heterocycles. The summed E-state index contributed by atoms with van der Waals surface area (Å²) in [4.78, 5) is 12.8. The van der Waals surface area contributed by atoms with Crippen LogP contribution in [0, 0.1) is 11.6 Å². The number of carbonyl (C=O) groups excluding carboxylic acids is 1. The average molecular weight is 350 g/mol. The van der Waals surface area contributed by atoms with Gasteiger partial charge in [-0.15, -0.1) is 0 Å². The van der Waals surface area contributed by atoms with Gasteiger partial charge in [-0.2, -0.15) is 5.10 Å². The normalized spacial score (nSPS) is 16.4. The largest absolute Gasteiger partial charge is 0.492 e. The second kappa shape index (κ2) is 7.60. The molecule has 0 bridgehead atoms. The standard InChI is InChI=1S/C17H20F2N4O2/c18-14-3-2-13(12-15(14)19)25-11-9-21-16(24)17(4-7-20-8-5-17)23-10-1-6-22-23/h1-3,6,10,12,20H,4-5,7-9,11H2,(H,21,24). The number of aromatic nitrogens is 2. The second-order valence-electron chi connectivity index (χ2n) is 5.91. The molecule has 134 valence electrons. The van der Waals surface area contributed by atoms with Gasteiger partial charge >= 0.3 is 0 Å². The van der Waals surface area contributed by atoms with E-state index in [4.69, 9.17) is 4.74 Å². The van der Waals surface area contributed by atoms with Crippen molar-refractivity contribution in [3.8, 4) is 5.75 Å². The van der Waals surface area contributed by atoms with E-state index in [1.807, 2.05) is 0 Å². The first-order chi connectivity index (χ1) is 12.1. The first-order valence-corrected chi connectivity index (χ1v) is 8.19. The first kappa shape index (κ1) is 17.3. The molecule has 0 saturated carbocycles. The quantitative estimate of drug-likeness (QED) is 0.774. The fourth-order valence-electron chi connectivity index (χ4n) is 2.99. The van der Waals surface area contributed by atoms with Gasteiger partial charge in [0, 0.05) is 18.5 Å². The maximum Gasteiger partial charge on any atom is 0.248 e. The molecule has 1 aliphatic heterocycles. The fourth-order valence-corrected chi connectivity index (χ4v) is 2.99. The van der Waals surface area contributed by atoms with Crippen LogP contribution in [0.15, 0.2) is 36.7 Å². The van der Waals surface area contributed by atoms with Crippen LogP contribution in [0.1, 0.15) is 12.8 Å². The minimum atomic E-state index is -0.964. The Balaban J connectivity index is 1.56. The van der Waals surface area contributed by atoms with Gasteiger partial charge in [0.15, 0.2) is 11.6 Å². The Bertz CT molecular complexity index is 715. The van der Waals surface area contributed by atoms with E-state index < -0.39 is 17.2 Å². The SMILES string of the molecule is O=C(NCCOc1ccc(F)c(F)c1)C1(n2cccn2)CCNCC1. The number of benzene rings is 1. The molecule has 1 aromatic carbocycles. The van der Waals surface area contributed by atoms with Gasteiger partial charge in [-0.05, 0) is 44.1 Å². The highest BCUT2D eigenvalue weighted by Crippen LogP contribution is 2.27. The van der Waals surface area contributed by atoms with Crippen molar-refractivity contribution < 1.29 is 18.3 Å². The van der Waals surface area contributed by atoms with Gasteiger partial charge in [0.2, 0.25) is 5.91 Å². The van der Waals surface area contributed by atoms with E-state index in [0.717, 1.165) is 25.2 Å². The van der Waals surface area contributed by atoms with Gasteiger partial charge < -0.3 is 15.4 Å². The third-order valence-electron chi connectivity index (χ3n) is 4.34. The lowest BCUT2D eigenvalue weighted by atomic mass is 9.87. The van der Waals surface area contributed by atoms with Gasteiger partial charge in [-0.25, -0.2) is 8.78 Å². The van der Waals surface area contributed by atoms with Crippen molar-refractivity contribution in [1.82, 2.24) is 20.4 Å². The zero-order chi connectivity index (χ0) is 17.7. The van der Waals surface area contributed by atoms with Crippen molar-refractivity contribution in [1.29, 1.82) is 0 Å². The summed E-state index contributed by atoms with van der Waals surface area (Å²) < 4.78 is 33.1. The van der Waals surface area contributed by atoms with Crippen molar-refractivity contribution in [3.05, 3.63) is 48.3 Å². The topological polar surface area (TPSA) is 68.2 Å². The van der Waals surface area contributed by atoms with Crippen LogP contribution in [0.4, 0.5) is 8.78 Å². The predicted octanol–water partition coefficient (Wildman–Crippen LogP) is 1.44. The summed E-state index contributed by atoms with van der Waals surface area (Å²) in [5, 5.41) is 10.3. The van der Waals surface area contributed by atoms with E-state index in [1.165, 1.54) is 6.07 Å². The number of piperidine rings is 1. The highest BCUT2D eigenvalue weighted by molar-refractivity contribution is 5.84. The summed E-state index contributed by atoms with van der Waals surface area (Å²) in [6.07, 6.45) is 4.74. The number of carbonyl (C=O) groups is 1. The maximum atomic E-state index is 13.1. The zero-order valence-corrected chi connectivity index (χ0v) is 13.7. The molecule has 6 nitrogen and oxygen atoms in total. The number of nitrogens with one attached hydrogen (secondary N) is 2. The van der Waals surface area contributed by atoms with Crippen LogP contribution in [0.5, 0.6) is 5.75 Å². The smallest absolute Gasteiger partial charge is 0.248 e. The number of amides is 1. The maximum absolute atomic E-state index is 13.1. The van der Waals surface area contributed by atoms with Crippen LogP contribution in [0.3, 0.4) is 0 Å². The summed E-state index contributed by atoms with van der Waals surface area (Å²) >= 11 is 0. The fraction of sp³-hybridized carbons (Fsp3) is 0.412. The highest BCUT2D eigenvalue weighted by Gasteiger charge is 2.41. The van der Waals surface area contributed by atoms with Gasteiger partial charge in [-0.3, -0.25) is 9.48 Å². The number of hydrogen-bond donors (Lipinski definition) is 2. The zero-order valence-electron chi connectivity index (χ0n) is 13.7. The molecular formula is C17H20F2N4O2. The Hall–Kier alpha value is -2.48. The second-order valence-corrected chi connectivity index (χ2v) is 5.91. The molecule has 0 unspecified atom stereocenters. The van der Waals surface area contributed by atoms with E-state index >= 15 is 0 Å². The Morgan fingerprint density at radius 3 is 2.80 bits per heavy atom. The van der Waals surface area contributed by atoms with Crippen molar-refractivity contribution in [2.75, 3.05) is 26.2 Å². The summed E-state index contributed by atoms with van der Waals surface area (Å²) in [7, 11) is 0. The molecule has 0 atom stereocenters. The Labute approximate surface area is 144 Å². The monoisotopic (exact) mass is 350 g/mol. The number of rotatable bonds is 6. The first-order valence-electron chi connectivity index (χ1n) is 8.19. The Morgan fingerprint density at radius 2 is 2.12 bits per heavy atom. The van der Waals surface area contributed by atoms with E-state index in [2.05, 4.69) is 15.7 Å². The van der Waals surface area contributed by atoms with Crippen LogP contribution in [0.25, 0.3) is 0 Å². The minimum Gasteiger partial charge on any atom is -0.492 e. The molecular weight excluding hydrogens is 330 g/mol. The number of ether oxygens (including phenoxy) is 1. The van der Waals surface area contributed by atoms with Crippen molar-refractivity contribution in [3.63, 3.8) is 0 Å². The van der Waals surface area contributed by atoms with E-state index in [9.17, 15) is 13.6 Å². The molecule has 0 aliphatic carbocycles. The molecule has 2 aromatic rings. The predicted molar refractivity (Wildman–Crippen MR) is 87.2 cm³/mol. The van der Waals surface area contributed by atoms with Gasteiger partial charge in [0.25, 0.3) is 0 Å². The molecule has 2 N–H and O–H groups in total. The van der Waals surface area contributed by atoms with Crippen molar-refractivity contribution in [2.45, 2.75) is 18.4 Å².